The van der Waals surface area contributed by atoms with Gasteiger partial charge < -0.3 is 10.2 Å². The number of nitrogens with zero attached hydrogens (tertiary/aromatic N) is 6. The number of aromatic nitrogens is 6. The second kappa shape index (κ2) is 9.52. The molecule has 0 amide bonds. The molecule has 2 aromatic carbocycles. The summed E-state index contributed by atoms with van der Waals surface area (Å²) in [5.74, 6) is 0. The Hall–Kier alpha value is -4.11. The molecular weight excluding hydrogens is 524 g/mol. The molecule has 1 atom stereocenters. The summed E-state index contributed by atoms with van der Waals surface area (Å²) in [6.45, 7) is 7.25. The summed E-state index contributed by atoms with van der Waals surface area (Å²) in [6.07, 6.45) is 10.6. The van der Waals surface area contributed by atoms with Crippen molar-refractivity contribution in [2.75, 3.05) is 0 Å². The van der Waals surface area contributed by atoms with Gasteiger partial charge in [0.2, 0.25) is 0 Å². The predicted molar refractivity (Wildman–Crippen MR) is 156 cm³/mol. The summed E-state index contributed by atoms with van der Waals surface area (Å²) in [5.41, 5.74) is 4.24. The zero-order chi connectivity index (χ0) is 28.2. The van der Waals surface area contributed by atoms with E-state index < -0.39 is 11.2 Å². The molecule has 6 aromatic rings. The maximum atomic E-state index is 11.7. The monoisotopic (exact) mass is 552 g/mol. The Labute approximate surface area is 236 Å². The van der Waals surface area contributed by atoms with Crippen molar-refractivity contribution < 1.29 is 10.2 Å². The molecule has 0 saturated heterocycles. The molecule has 40 heavy (non-hydrogen) atoms. The highest BCUT2D eigenvalue weighted by Gasteiger charge is 2.27. The predicted octanol–water partition coefficient (Wildman–Crippen LogP) is 5.79. The maximum absolute atomic E-state index is 11.7. The molecule has 0 radical (unpaired) electrons. The van der Waals surface area contributed by atoms with Crippen molar-refractivity contribution in [2.24, 2.45) is 0 Å². The first-order valence-electron chi connectivity index (χ1n) is 13.0. The average Bonchev–Trinajstić information content (AvgIpc) is 3.52. The Balaban J connectivity index is 1.37. The number of benzene rings is 2. The van der Waals surface area contributed by atoms with Crippen LogP contribution in [0.2, 0.25) is 5.02 Å². The minimum Gasteiger partial charge on any atom is -0.386 e. The molecule has 9 heteroatoms. The molecule has 0 fully saturated rings. The van der Waals surface area contributed by atoms with Gasteiger partial charge in [-0.1, -0.05) is 23.2 Å². The number of halogens is 1. The molecule has 0 spiro atoms. The van der Waals surface area contributed by atoms with E-state index in [9.17, 15) is 10.2 Å². The van der Waals surface area contributed by atoms with Crippen LogP contribution in [0.4, 0.5) is 0 Å². The highest BCUT2D eigenvalue weighted by molar-refractivity contribution is 6.31. The van der Waals surface area contributed by atoms with Gasteiger partial charge in [-0.05, 0) is 69.7 Å². The van der Waals surface area contributed by atoms with E-state index in [1.807, 2.05) is 41.2 Å². The van der Waals surface area contributed by atoms with Gasteiger partial charge >= 0.3 is 0 Å². The van der Waals surface area contributed by atoms with Crippen molar-refractivity contribution in [3.05, 3.63) is 107 Å². The normalized spacial score (nSPS) is 13.7. The lowest BCUT2D eigenvalue weighted by molar-refractivity contribution is 0.0576. The van der Waals surface area contributed by atoms with Crippen molar-refractivity contribution in [1.29, 1.82) is 0 Å². The molecule has 4 heterocycles. The molecule has 0 saturated carbocycles. The molecule has 202 valence electrons. The Morgan fingerprint density at radius 2 is 1.40 bits per heavy atom. The lowest BCUT2D eigenvalue weighted by atomic mass is 9.88. The number of fused-ring (bicyclic) bond motifs is 2. The quantitative estimate of drug-likeness (QED) is 0.271. The van der Waals surface area contributed by atoms with Crippen molar-refractivity contribution in [3.8, 4) is 11.4 Å². The van der Waals surface area contributed by atoms with Crippen molar-refractivity contribution >= 4 is 33.4 Å². The molecule has 8 nitrogen and oxygen atoms in total. The SMILES string of the molecule is Cc1ccc2c(cnn2-c2cncc(C(C)(O)Cc3cc(Cl)cc4c3cnn4-c3cncc(C(C)(C)O)c3)c2)c1. The van der Waals surface area contributed by atoms with E-state index in [0.717, 1.165) is 33.1 Å². The lowest BCUT2D eigenvalue weighted by Crippen LogP contribution is -2.25. The van der Waals surface area contributed by atoms with Crippen LogP contribution in [-0.2, 0) is 17.6 Å². The average molecular weight is 553 g/mol. The zero-order valence-corrected chi connectivity index (χ0v) is 23.4. The van der Waals surface area contributed by atoms with Crippen LogP contribution in [0.25, 0.3) is 33.2 Å². The number of hydrogen-bond acceptors (Lipinski definition) is 6. The smallest absolute Gasteiger partial charge is 0.0924 e. The van der Waals surface area contributed by atoms with Crippen LogP contribution < -0.4 is 0 Å². The van der Waals surface area contributed by atoms with Crippen molar-refractivity contribution in [1.82, 2.24) is 29.5 Å². The number of aryl methyl sites for hydroxylation is 1. The van der Waals surface area contributed by atoms with E-state index in [1.54, 1.807) is 56.4 Å². The minimum atomic E-state index is -1.26. The highest BCUT2D eigenvalue weighted by atomic mass is 35.5. The van der Waals surface area contributed by atoms with E-state index in [4.69, 9.17) is 11.6 Å². The van der Waals surface area contributed by atoms with E-state index in [0.29, 0.717) is 21.8 Å². The molecule has 1 unspecified atom stereocenters. The van der Waals surface area contributed by atoms with Crippen LogP contribution in [-0.4, -0.2) is 39.7 Å². The van der Waals surface area contributed by atoms with E-state index in [1.165, 1.54) is 5.56 Å². The summed E-state index contributed by atoms with van der Waals surface area (Å²) in [6, 6.07) is 13.6. The number of hydrogen-bond donors (Lipinski definition) is 2. The molecule has 0 aliphatic rings. The van der Waals surface area contributed by atoms with Crippen LogP contribution in [0.1, 0.15) is 43.0 Å². The second-order valence-electron chi connectivity index (χ2n) is 11.0. The van der Waals surface area contributed by atoms with Gasteiger partial charge in [-0.25, -0.2) is 9.36 Å². The maximum Gasteiger partial charge on any atom is 0.0924 e. The number of rotatable bonds is 6. The molecule has 6 rings (SSSR count). The van der Waals surface area contributed by atoms with Gasteiger partial charge in [0, 0.05) is 45.7 Å². The fraction of sp³-hybridized carbons (Fsp3) is 0.226. The van der Waals surface area contributed by atoms with Crippen LogP contribution in [0.5, 0.6) is 0 Å². The summed E-state index contributed by atoms with van der Waals surface area (Å²) in [4.78, 5) is 8.74. The van der Waals surface area contributed by atoms with Gasteiger partial charge in [0.25, 0.3) is 0 Å². The summed E-state index contributed by atoms with van der Waals surface area (Å²) in [5, 5.41) is 33.8. The van der Waals surface area contributed by atoms with Gasteiger partial charge in [-0.15, -0.1) is 0 Å². The zero-order valence-electron chi connectivity index (χ0n) is 22.7. The molecular formula is C31H29ClN6O2. The van der Waals surface area contributed by atoms with Crippen molar-refractivity contribution in [3.63, 3.8) is 0 Å². The van der Waals surface area contributed by atoms with Gasteiger partial charge in [-0.3, -0.25) is 9.97 Å². The Kier molecular flexibility index (Phi) is 6.22. The third-order valence-corrected chi connectivity index (χ3v) is 7.48. The first-order chi connectivity index (χ1) is 19.0. The number of aliphatic hydroxyl groups is 2. The Morgan fingerprint density at radius 1 is 0.750 bits per heavy atom. The minimum absolute atomic E-state index is 0.280. The molecule has 0 aliphatic heterocycles. The van der Waals surface area contributed by atoms with Crippen LogP contribution in [0.15, 0.2) is 79.6 Å². The van der Waals surface area contributed by atoms with Gasteiger partial charge in [0.05, 0.1) is 58.4 Å². The van der Waals surface area contributed by atoms with Gasteiger partial charge in [-0.2, -0.15) is 10.2 Å². The van der Waals surface area contributed by atoms with E-state index in [2.05, 4.69) is 39.2 Å². The molecule has 4 aromatic heterocycles. The van der Waals surface area contributed by atoms with E-state index >= 15 is 0 Å². The summed E-state index contributed by atoms with van der Waals surface area (Å²) >= 11 is 6.58. The standard InChI is InChI=1S/C31H29ClN6O2/c1-19-5-6-28-21(7-19)13-35-37(28)26-10-23(15-34-17-26)31(4,40)12-20-8-24(32)11-29-27(20)18-36-38(29)25-9-22(14-33-16-25)30(2,3)39/h5-11,13-18,39-40H,12H2,1-4H3. The van der Waals surface area contributed by atoms with E-state index in [-0.39, 0.29) is 6.42 Å². The fourth-order valence-electron chi connectivity index (χ4n) is 5.06. The first-order valence-corrected chi connectivity index (χ1v) is 13.3. The fourth-order valence-corrected chi connectivity index (χ4v) is 5.30. The second-order valence-corrected chi connectivity index (χ2v) is 11.5. The van der Waals surface area contributed by atoms with Gasteiger partial charge in [0.1, 0.15) is 0 Å². The van der Waals surface area contributed by atoms with Crippen LogP contribution in [0.3, 0.4) is 0 Å². The molecule has 2 N–H and O–H groups in total. The van der Waals surface area contributed by atoms with Crippen LogP contribution >= 0.6 is 11.6 Å². The highest BCUT2D eigenvalue weighted by Crippen LogP contribution is 2.33. The first kappa shape index (κ1) is 26.1. The lowest BCUT2D eigenvalue weighted by Gasteiger charge is -2.25. The third-order valence-electron chi connectivity index (χ3n) is 7.26. The summed E-state index contributed by atoms with van der Waals surface area (Å²) in [7, 11) is 0. The van der Waals surface area contributed by atoms with Gasteiger partial charge in [0.15, 0.2) is 0 Å². The van der Waals surface area contributed by atoms with Crippen molar-refractivity contribution in [2.45, 2.75) is 45.3 Å². The summed E-state index contributed by atoms with van der Waals surface area (Å²) < 4.78 is 3.58. The number of pyridine rings is 2. The third kappa shape index (κ3) is 4.75. The Bertz CT molecular complexity index is 1880. The topological polar surface area (TPSA) is 102 Å². The van der Waals surface area contributed by atoms with Crippen LogP contribution in [0, 0.1) is 6.92 Å². The molecule has 0 aliphatic carbocycles. The largest absolute Gasteiger partial charge is 0.386 e. The Morgan fingerprint density at radius 3 is 2.12 bits per heavy atom. The molecule has 0 bridgehead atoms.